The molecule has 8 heteroatoms. The molecule has 8 nitrogen and oxygen atoms in total. The van der Waals surface area contributed by atoms with Gasteiger partial charge >= 0.3 is 0 Å². The standard InChI is InChI=1S/C26H32N4O4/c1-26(2)13-19(31)24-22(14-26)34-25(28-16-30-10-8-29(3)9-11-30)18(15-27)23(24)17-6-7-20(32-4)21(12-17)33-5/h6-7,12,16,23H,8-11,13-14H2,1-5H3/b28-16+. The van der Waals surface area contributed by atoms with Crippen molar-refractivity contribution >= 4 is 12.1 Å². The monoisotopic (exact) mass is 464 g/mol. The normalized spacial score (nSPS) is 23.0. The Balaban J connectivity index is 1.80. The number of rotatable bonds is 5. The minimum absolute atomic E-state index is 0.000817. The smallest absolute Gasteiger partial charge is 0.235 e. The molecule has 0 N–H and O–H groups in total. The molecule has 1 unspecified atom stereocenters. The van der Waals surface area contributed by atoms with E-state index in [1.807, 2.05) is 12.1 Å². The zero-order chi connectivity index (χ0) is 24.5. The van der Waals surface area contributed by atoms with Gasteiger partial charge in [0.25, 0.3) is 0 Å². The first-order chi connectivity index (χ1) is 16.3. The molecule has 1 aliphatic carbocycles. The van der Waals surface area contributed by atoms with Crippen molar-refractivity contribution in [2.75, 3.05) is 47.4 Å². The molecule has 1 atom stereocenters. The van der Waals surface area contributed by atoms with Gasteiger partial charge in [-0.15, -0.1) is 0 Å². The van der Waals surface area contributed by atoms with Gasteiger partial charge in [-0.2, -0.15) is 5.26 Å². The van der Waals surface area contributed by atoms with E-state index in [1.54, 1.807) is 26.6 Å². The number of allylic oxidation sites excluding steroid dienone is 3. The highest BCUT2D eigenvalue weighted by molar-refractivity contribution is 6.00. The van der Waals surface area contributed by atoms with E-state index in [2.05, 4.69) is 41.8 Å². The summed E-state index contributed by atoms with van der Waals surface area (Å²) in [4.78, 5) is 22.3. The summed E-state index contributed by atoms with van der Waals surface area (Å²) in [7, 11) is 5.24. The van der Waals surface area contributed by atoms with E-state index in [9.17, 15) is 10.1 Å². The van der Waals surface area contributed by atoms with Crippen molar-refractivity contribution in [2.24, 2.45) is 10.4 Å². The van der Waals surface area contributed by atoms with Crippen LogP contribution in [0.3, 0.4) is 0 Å². The molecule has 0 radical (unpaired) electrons. The molecule has 0 spiro atoms. The van der Waals surface area contributed by atoms with Crippen LogP contribution in [0.25, 0.3) is 0 Å². The largest absolute Gasteiger partial charge is 0.493 e. The summed E-state index contributed by atoms with van der Waals surface area (Å²) < 4.78 is 17.1. The second kappa shape index (κ2) is 9.51. The van der Waals surface area contributed by atoms with Gasteiger partial charge in [0.1, 0.15) is 17.4 Å². The van der Waals surface area contributed by atoms with Crippen molar-refractivity contribution in [2.45, 2.75) is 32.6 Å². The predicted octanol–water partition coefficient (Wildman–Crippen LogP) is 3.47. The van der Waals surface area contributed by atoms with Crippen LogP contribution in [0.15, 0.2) is 46.0 Å². The van der Waals surface area contributed by atoms with E-state index >= 15 is 0 Å². The summed E-state index contributed by atoms with van der Waals surface area (Å²) in [6.07, 6.45) is 2.76. The Hall–Kier alpha value is -3.31. The Morgan fingerprint density at radius 2 is 1.85 bits per heavy atom. The van der Waals surface area contributed by atoms with E-state index in [0.717, 1.165) is 31.7 Å². The highest BCUT2D eigenvalue weighted by atomic mass is 16.5. The highest BCUT2D eigenvalue weighted by Gasteiger charge is 2.43. The Morgan fingerprint density at radius 3 is 2.50 bits per heavy atom. The Kier molecular flexibility index (Phi) is 6.67. The van der Waals surface area contributed by atoms with Gasteiger partial charge in [-0.25, -0.2) is 4.99 Å². The van der Waals surface area contributed by atoms with E-state index < -0.39 is 5.92 Å². The third-order valence-electron chi connectivity index (χ3n) is 6.64. The molecule has 2 heterocycles. The zero-order valence-corrected chi connectivity index (χ0v) is 20.6. The predicted molar refractivity (Wildman–Crippen MR) is 129 cm³/mol. The van der Waals surface area contributed by atoms with Crippen molar-refractivity contribution in [3.8, 4) is 17.6 Å². The summed E-state index contributed by atoms with van der Waals surface area (Å²) >= 11 is 0. The minimum Gasteiger partial charge on any atom is -0.493 e. The Morgan fingerprint density at radius 1 is 1.15 bits per heavy atom. The van der Waals surface area contributed by atoms with Gasteiger partial charge in [0.15, 0.2) is 17.3 Å². The summed E-state index contributed by atoms with van der Waals surface area (Å²) in [5, 5.41) is 10.2. The number of ether oxygens (including phenoxy) is 3. The Bertz CT molecular complexity index is 1100. The first-order valence-corrected chi connectivity index (χ1v) is 11.5. The molecule has 1 fully saturated rings. The SMILES string of the molecule is COc1ccc(C2C(C#N)=C(/N=C/N3CCN(C)CC3)OC3=C2C(=O)CC(C)(C)C3)cc1OC. The lowest BCUT2D eigenvalue weighted by atomic mass is 9.70. The summed E-state index contributed by atoms with van der Waals surface area (Å²) in [5.41, 5.74) is 1.41. The van der Waals surface area contributed by atoms with Crippen molar-refractivity contribution < 1.29 is 19.0 Å². The fraction of sp³-hybridized carbons (Fsp3) is 0.500. The molecule has 1 aromatic carbocycles. The van der Waals surface area contributed by atoms with Gasteiger partial charge in [-0.05, 0) is 30.2 Å². The fourth-order valence-electron chi connectivity index (χ4n) is 4.78. The van der Waals surface area contributed by atoms with Gasteiger partial charge in [0, 0.05) is 44.6 Å². The number of hydrogen-bond acceptors (Lipinski definition) is 7. The molecule has 0 amide bonds. The summed E-state index contributed by atoms with van der Waals surface area (Å²) in [6.45, 7) is 7.72. The van der Waals surface area contributed by atoms with Gasteiger partial charge in [0.05, 0.1) is 26.5 Å². The number of benzene rings is 1. The van der Waals surface area contributed by atoms with E-state index in [1.165, 1.54) is 0 Å². The van der Waals surface area contributed by atoms with Gasteiger partial charge < -0.3 is 24.0 Å². The average molecular weight is 465 g/mol. The van der Waals surface area contributed by atoms with Crippen LogP contribution >= 0.6 is 0 Å². The third kappa shape index (κ3) is 4.66. The average Bonchev–Trinajstić information content (AvgIpc) is 2.81. The zero-order valence-electron chi connectivity index (χ0n) is 20.6. The summed E-state index contributed by atoms with van der Waals surface area (Å²) in [6, 6.07) is 7.78. The topological polar surface area (TPSA) is 87.4 Å². The van der Waals surface area contributed by atoms with Crippen LogP contribution in [0.2, 0.25) is 0 Å². The molecule has 0 aromatic heterocycles. The number of nitrogens with zero attached hydrogens (tertiary/aromatic N) is 4. The molecule has 4 rings (SSSR count). The van der Waals surface area contributed by atoms with Crippen molar-refractivity contribution in [1.82, 2.24) is 9.80 Å². The second-order valence-electron chi connectivity index (χ2n) is 9.84. The van der Waals surface area contributed by atoms with Crippen molar-refractivity contribution in [1.29, 1.82) is 5.26 Å². The van der Waals surface area contributed by atoms with Crippen LogP contribution in [0.1, 0.15) is 38.2 Å². The lowest BCUT2D eigenvalue weighted by Gasteiger charge is -2.37. The van der Waals surface area contributed by atoms with Crippen LogP contribution in [0.5, 0.6) is 11.5 Å². The van der Waals surface area contributed by atoms with E-state index in [0.29, 0.717) is 41.2 Å². The van der Waals surface area contributed by atoms with Gasteiger partial charge in [0.2, 0.25) is 5.88 Å². The van der Waals surface area contributed by atoms with Gasteiger partial charge in [-0.1, -0.05) is 19.9 Å². The van der Waals surface area contributed by atoms with Crippen LogP contribution in [0.4, 0.5) is 0 Å². The van der Waals surface area contributed by atoms with Crippen molar-refractivity contribution in [3.63, 3.8) is 0 Å². The van der Waals surface area contributed by atoms with Crippen LogP contribution < -0.4 is 9.47 Å². The molecule has 1 saturated heterocycles. The third-order valence-corrected chi connectivity index (χ3v) is 6.64. The van der Waals surface area contributed by atoms with Gasteiger partial charge in [-0.3, -0.25) is 4.79 Å². The maximum atomic E-state index is 13.3. The first kappa shape index (κ1) is 23.8. The number of nitriles is 1. The molecule has 0 saturated carbocycles. The number of likely N-dealkylation sites (N-methyl/N-ethyl adjacent to an activating group) is 1. The molecule has 34 heavy (non-hydrogen) atoms. The number of aliphatic imine (C=N–C) groups is 1. The Labute approximate surface area is 201 Å². The maximum Gasteiger partial charge on any atom is 0.235 e. The number of carbonyl (C=O) groups excluding carboxylic acids is 1. The lowest BCUT2D eigenvalue weighted by Crippen LogP contribution is -2.43. The number of ketones is 1. The van der Waals surface area contributed by atoms with Crippen LogP contribution in [-0.2, 0) is 9.53 Å². The molecular weight excluding hydrogens is 432 g/mol. The molecule has 1 aromatic rings. The molecule has 2 aliphatic heterocycles. The molecule has 0 bridgehead atoms. The quantitative estimate of drug-likeness (QED) is 0.487. The number of carbonyl (C=O) groups is 1. The fourth-order valence-corrected chi connectivity index (χ4v) is 4.78. The number of Topliss-reactive ketones (excluding diaryl/α,β-unsaturated/α-hetero) is 1. The molecular formula is C26H32N4O4. The molecule has 3 aliphatic rings. The first-order valence-electron chi connectivity index (χ1n) is 11.5. The number of methoxy groups -OCH3 is 2. The second-order valence-corrected chi connectivity index (χ2v) is 9.84. The van der Waals surface area contributed by atoms with Crippen molar-refractivity contribution in [3.05, 3.63) is 46.6 Å². The number of piperazine rings is 1. The highest BCUT2D eigenvalue weighted by Crippen LogP contribution is 2.49. The molecule has 180 valence electrons. The minimum atomic E-state index is -0.572. The van der Waals surface area contributed by atoms with Crippen LogP contribution in [-0.4, -0.2) is 69.4 Å². The lowest BCUT2D eigenvalue weighted by molar-refractivity contribution is -0.119. The maximum absolute atomic E-state index is 13.3. The van der Waals surface area contributed by atoms with E-state index in [-0.39, 0.29) is 17.1 Å². The summed E-state index contributed by atoms with van der Waals surface area (Å²) in [5.74, 6) is 1.41. The van der Waals surface area contributed by atoms with Crippen LogP contribution in [0, 0.1) is 16.7 Å². The van der Waals surface area contributed by atoms with E-state index in [4.69, 9.17) is 14.2 Å². The number of hydrogen-bond donors (Lipinski definition) is 0.